The van der Waals surface area contributed by atoms with Gasteiger partial charge in [0, 0.05) is 34.7 Å². The van der Waals surface area contributed by atoms with Crippen molar-refractivity contribution < 1.29 is 4.21 Å². The average Bonchev–Trinajstić information content (AvgIpc) is 2.35. The van der Waals surface area contributed by atoms with Crippen molar-refractivity contribution in [3.8, 4) is 0 Å². The van der Waals surface area contributed by atoms with Gasteiger partial charge < -0.3 is 10.3 Å². The lowest BCUT2D eigenvalue weighted by Gasteiger charge is -2.06. The van der Waals surface area contributed by atoms with E-state index in [1.165, 1.54) is 0 Å². The molecule has 1 aromatic heterocycles. The highest BCUT2D eigenvalue weighted by atomic mass is 32.2. The maximum Gasteiger partial charge on any atom is 0.257 e. The Morgan fingerprint density at radius 3 is 2.89 bits per heavy atom. The summed E-state index contributed by atoms with van der Waals surface area (Å²) in [5.41, 5.74) is -0.0883. The van der Waals surface area contributed by atoms with Gasteiger partial charge in [0.1, 0.15) is 5.82 Å². The summed E-state index contributed by atoms with van der Waals surface area (Å²) in [5.74, 6) is 1.38. The molecule has 96 valence electrons. The maximum absolute atomic E-state index is 11.8. The SMILES string of the molecule is CS(=O)CCCNc1cc2ccccc2c(=O)[nH]1. The Morgan fingerprint density at radius 2 is 2.11 bits per heavy atom. The van der Waals surface area contributed by atoms with Crippen molar-refractivity contribution >= 4 is 27.4 Å². The number of pyridine rings is 1. The van der Waals surface area contributed by atoms with Crippen LogP contribution in [0.2, 0.25) is 0 Å². The molecule has 1 aromatic carbocycles. The first-order valence-electron chi connectivity index (χ1n) is 5.83. The molecule has 4 nitrogen and oxygen atoms in total. The van der Waals surface area contributed by atoms with Crippen molar-refractivity contribution in [2.75, 3.05) is 23.9 Å². The minimum atomic E-state index is -0.762. The first-order chi connectivity index (χ1) is 8.66. The summed E-state index contributed by atoms with van der Waals surface area (Å²) in [5, 5.41) is 4.75. The van der Waals surface area contributed by atoms with Crippen molar-refractivity contribution in [3.05, 3.63) is 40.7 Å². The third-order valence-corrected chi connectivity index (χ3v) is 3.54. The average molecular weight is 264 g/mol. The molecule has 0 spiro atoms. The van der Waals surface area contributed by atoms with Gasteiger partial charge in [-0.15, -0.1) is 0 Å². The van der Waals surface area contributed by atoms with Crippen LogP contribution in [0.4, 0.5) is 5.82 Å². The van der Waals surface area contributed by atoms with Crippen molar-refractivity contribution in [2.24, 2.45) is 0 Å². The van der Waals surface area contributed by atoms with E-state index in [4.69, 9.17) is 0 Å². The summed E-state index contributed by atoms with van der Waals surface area (Å²) in [6.07, 6.45) is 2.51. The summed E-state index contributed by atoms with van der Waals surface area (Å²) < 4.78 is 10.9. The number of H-pyrrole nitrogens is 1. The van der Waals surface area contributed by atoms with Crippen LogP contribution in [-0.2, 0) is 10.8 Å². The largest absolute Gasteiger partial charge is 0.372 e. The molecule has 0 radical (unpaired) electrons. The predicted octanol–water partition coefficient (Wildman–Crippen LogP) is 1.71. The van der Waals surface area contributed by atoms with Gasteiger partial charge in [-0.3, -0.25) is 9.00 Å². The predicted molar refractivity (Wildman–Crippen MR) is 76.6 cm³/mol. The van der Waals surface area contributed by atoms with Gasteiger partial charge in [0.25, 0.3) is 5.56 Å². The highest BCUT2D eigenvalue weighted by Gasteiger charge is 2.00. The molecular weight excluding hydrogens is 248 g/mol. The molecule has 0 aliphatic rings. The number of nitrogens with one attached hydrogen (secondary N) is 2. The van der Waals surface area contributed by atoms with E-state index in [-0.39, 0.29) is 5.56 Å². The third-order valence-electron chi connectivity index (χ3n) is 2.68. The zero-order chi connectivity index (χ0) is 13.0. The molecule has 0 bridgehead atoms. The molecule has 0 amide bonds. The van der Waals surface area contributed by atoms with Crippen LogP contribution in [0.3, 0.4) is 0 Å². The van der Waals surface area contributed by atoms with E-state index in [1.807, 2.05) is 24.3 Å². The van der Waals surface area contributed by atoms with Crippen LogP contribution < -0.4 is 10.9 Å². The molecule has 0 fully saturated rings. The van der Waals surface area contributed by atoms with E-state index < -0.39 is 10.8 Å². The Morgan fingerprint density at radius 1 is 1.33 bits per heavy atom. The quantitative estimate of drug-likeness (QED) is 0.808. The normalized spacial score (nSPS) is 12.5. The number of hydrogen-bond donors (Lipinski definition) is 2. The number of hydrogen-bond acceptors (Lipinski definition) is 3. The molecule has 1 heterocycles. The Kier molecular flexibility index (Phi) is 4.15. The number of rotatable bonds is 5. The summed E-state index contributed by atoms with van der Waals surface area (Å²) in [6, 6.07) is 9.39. The van der Waals surface area contributed by atoms with Gasteiger partial charge >= 0.3 is 0 Å². The van der Waals surface area contributed by atoms with Gasteiger partial charge in [-0.25, -0.2) is 0 Å². The number of aromatic nitrogens is 1. The molecule has 0 aliphatic carbocycles. The van der Waals surface area contributed by atoms with Gasteiger partial charge in [0.2, 0.25) is 0 Å². The van der Waals surface area contributed by atoms with Crippen LogP contribution in [0.25, 0.3) is 10.8 Å². The van der Waals surface area contributed by atoms with Crippen LogP contribution >= 0.6 is 0 Å². The van der Waals surface area contributed by atoms with Crippen LogP contribution in [0.5, 0.6) is 0 Å². The first-order valence-corrected chi connectivity index (χ1v) is 7.55. The minimum absolute atomic E-state index is 0.0883. The monoisotopic (exact) mass is 264 g/mol. The first kappa shape index (κ1) is 12.8. The second-order valence-corrected chi connectivity index (χ2v) is 5.71. The third kappa shape index (κ3) is 3.20. The van der Waals surface area contributed by atoms with E-state index in [2.05, 4.69) is 10.3 Å². The van der Waals surface area contributed by atoms with Crippen LogP contribution in [0.15, 0.2) is 35.1 Å². The summed E-state index contributed by atoms with van der Waals surface area (Å²) >= 11 is 0. The van der Waals surface area contributed by atoms with Crippen LogP contribution in [0, 0.1) is 0 Å². The van der Waals surface area contributed by atoms with Gasteiger partial charge in [-0.05, 0) is 23.9 Å². The highest BCUT2D eigenvalue weighted by molar-refractivity contribution is 7.84. The lowest BCUT2D eigenvalue weighted by Crippen LogP contribution is -2.12. The Bertz CT molecular complexity index is 622. The molecular formula is C13H16N2O2S. The van der Waals surface area contributed by atoms with E-state index in [0.29, 0.717) is 23.5 Å². The van der Waals surface area contributed by atoms with E-state index in [0.717, 1.165) is 11.8 Å². The number of anilines is 1. The summed E-state index contributed by atoms with van der Waals surface area (Å²) in [7, 11) is -0.762. The van der Waals surface area contributed by atoms with E-state index in [9.17, 15) is 9.00 Å². The highest BCUT2D eigenvalue weighted by Crippen LogP contribution is 2.12. The van der Waals surface area contributed by atoms with Crippen molar-refractivity contribution in [3.63, 3.8) is 0 Å². The van der Waals surface area contributed by atoms with Crippen LogP contribution in [0.1, 0.15) is 6.42 Å². The van der Waals surface area contributed by atoms with Crippen molar-refractivity contribution in [1.82, 2.24) is 4.98 Å². The fourth-order valence-corrected chi connectivity index (χ4v) is 2.36. The fourth-order valence-electron chi connectivity index (χ4n) is 1.80. The molecule has 5 heteroatoms. The van der Waals surface area contributed by atoms with Gasteiger partial charge in [0.05, 0.1) is 0 Å². The van der Waals surface area contributed by atoms with Crippen molar-refractivity contribution in [1.29, 1.82) is 0 Å². The smallest absolute Gasteiger partial charge is 0.257 e. The summed E-state index contributed by atoms with van der Waals surface area (Å²) in [6.45, 7) is 0.702. The Balaban J connectivity index is 2.10. The molecule has 2 rings (SSSR count). The topological polar surface area (TPSA) is 62.0 Å². The minimum Gasteiger partial charge on any atom is -0.372 e. The van der Waals surface area contributed by atoms with Gasteiger partial charge in [0.15, 0.2) is 0 Å². The number of benzene rings is 1. The zero-order valence-corrected chi connectivity index (χ0v) is 11.0. The maximum atomic E-state index is 11.8. The van der Waals surface area contributed by atoms with E-state index >= 15 is 0 Å². The van der Waals surface area contributed by atoms with Crippen molar-refractivity contribution in [2.45, 2.75) is 6.42 Å². The molecule has 2 N–H and O–H groups in total. The molecule has 0 saturated heterocycles. The molecule has 2 aromatic rings. The lowest BCUT2D eigenvalue weighted by molar-refractivity contribution is 0.685. The zero-order valence-electron chi connectivity index (χ0n) is 10.2. The fraction of sp³-hybridized carbons (Fsp3) is 0.308. The molecule has 0 saturated carbocycles. The standard InChI is InChI=1S/C13H16N2O2S/c1-18(17)8-4-7-14-12-9-10-5-2-3-6-11(10)13(16)15-12/h2-3,5-6,9H,4,7-8H2,1H3,(H2,14,15,16). The number of aromatic amines is 1. The second kappa shape index (κ2) is 5.82. The van der Waals surface area contributed by atoms with Crippen LogP contribution in [-0.4, -0.2) is 27.7 Å². The Hall–Kier alpha value is -1.62. The second-order valence-electron chi connectivity index (χ2n) is 4.16. The van der Waals surface area contributed by atoms with E-state index in [1.54, 1.807) is 12.3 Å². The molecule has 1 atom stereocenters. The lowest BCUT2D eigenvalue weighted by atomic mass is 10.2. The number of fused-ring (bicyclic) bond motifs is 1. The summed E-state index contributed by atoms with van der Waals surface area (Å²) in [4.78, 5) is 14.6. The van der Waals surface area contributed by atoms with Gasteiger partial charge in [-0.2, -0.15) is 0 Å². The molecule has 18 heavy (non-hydrogen) atoms. The molecule has 0 aliphatic heterocycles. The molecule has 1 unspecified atom stereocenters. The Labute approximate surface area is 108 Å². The van der Waals surface area contributed by atoms with Gasteiger partial charge in [-0.1, -0.05) is 18.2 Å².